The van der Waals surface area contributed by atoms with Crippen LogP contribution in [0.5, 0.6) is 0 Å². The van der Waals surface area contributed by atoms with Gasteiger partial charge in [-0.05, 0) is 29.5 Å². The molecule has 0 radical (unpaired) electrons. The Balaban J connectivity index is 2.33. The van der Waals surface area contributed by atoms with Crippen molar-refractivity contribution in [1.29, 1.82) is 0 Å². The van der Waals surface area contributed by atoms with E-state index in [-0.39, 0.29) is 0 Å². The van der Waals surface area contributed by atoms with E-state index in [0.717, 1.165) is 15.6 Å². The van der Waals surface area contributed by atoms with Crippen LogP contribution in [0, 0.1) is 0 Å². The van der Waals surface area contributed by atoms with E-state index in [4.69, 9.17) is 17.3 Å². The highest BCUT2D eigenvalue weighted by molar-refractivity contribution is 7.99. The van der Waals surface area contributed by atoms with E-state index in [1.54, 1.807) is 6.33 Å². The topological polar surface area (TPSA) is 56.7 Å². The highest BCUT2D eigenvalue weighted by atomic mass is 35.5. The fourth-order valence-electron chi connectivity index (χ4n) is 1.26. The van der Waals surface area contributed by atoms with E-state index >= 15 is 0 Å². The van der Waals surface area contributed by atoms with Gasteiger partial charge in [-0.25, -0.2) is 0 Å². The van der Waals surface area contributed by atoms with Crippen molar-refractivity contribution in [2.45, 2.75) is 16.6 Å². The van der Waals surface area contributed by atoms with Gasteiger partial charge < -0.3 is 10.3 Å². The largest absolute Gasteiger partial charge is 0.326 e. The fourth-order valence-corrected chi connectivity index (χ4v) is 2.44. The third-order valence-electron chi connectivity index (χ3n) is 2.12. The first-order valence-corrected chi connectivity index (χ1v) is 5.90. The Morgan fingerprint density at radius 3 is 2.94 bits per heavy atom. The maximum Gasteiger partial charge on any atom is 0.195 e. The highest BCUT2D eigenvalue weighted by Gasteiger charge is 2.08. The van der Waals surface area contributed by atoms with Crippen molar-refractivity contribution in [3.63, 3.8) is 0 Å². The molecule has 1 heterocycles. The number of hydrogen-bond acceptors (Lipinski definition) is 4. The Morgan fingerprint density at radius 1 is 1.50 bits per heavy atom. The summed E-state index contributed by atoms with van der Waals surface area (Å²) in [6.07, 6.45) is 1.66. The van der Waals surface area contributed by atoms with Crippen LogP contribution in [0.15, 0.2) is 34.6 Å². The van der Waals surface area contributed by atoms with Crippen molar-refractivity contribution in [3.8, 4) is 0 Å². The Labute approximate surface area is 103 Å². The third kappa shape index (κ3) is 2.37. The minimum Gasteiger partial charge on any atom is -0.326 e. The van der Waals surface area contributed by atoms with Crippen molar-refractivity contribution >= 4 is 23.4 Å². The van der Waals surface area contributed by atoms with Crippen LogP contribution < -0.4 is 5.73 Å². The zero-order chi connectivity index (χ0) is 11.5. The Hall–Kier alpha value is -1.04. The van der Waals surface area contributed by atoms with Crippen LogP contribution in [-0.2, 0) is 13.6 Å². The Bertz CT molecular complexity index is 497. The van der Waals surface area contributed by atoms with E-state index in [2.05, 4.69) is 10.2 Å². The number of benzene rings is 1. The van der Waals surface area contributed by atoms with Crippen LogP contribution in [0.3, 0.4) is 0 Å². The van der Waals surface area contributed by atoms with Crippen molar-refractivity contribution in [2.24, 2.45) is 12.8 Å². The average molecular weight is 255 g/mol. The summed E-state index contributed by atoms with van der Waals surface area (Å²) in [5.41, 5.74) is 6.72. The van der Waals surface area contributed by atoms with Gasteiger partial charge in [0.2, 0.25) is 0 Å². The number of aryl methyl sites for hydroxylation is 1. The molecule has 2 N–H and O–H groups in total. The first-order valence-electron chi connectivity index (χ1n) is 4.71. The molecule has 6 heteroatoms. The second-order valence-electron chi connectivity index (χ2n) is 3.28. The predicted molar refractivity (Wildman–Crippen MR) is 64.5 cm³/mol. The zero-order valence-corrected chi connectivity index (χ0v) is 10.3. The summed E-state index contributed by atoms with van der Waals surface area (Å²) in [5.74, 6) is 0. The molecule has 0 aliphatic carbocycles. The van der Waals surface area contributed by atoms with Crippen LogP contribution >= 0.6 is 23.4 Å². The molecule has 0 saturated heterocycles. The molecule has 0 aliphatic rings. The number of nitrogens with zero attached hydrogens (tertiary/aromatic N) is 3. The molecule has 0 unspecified atom stereocenters. The molecule has 4 nitrogen and oxygen atoms in total. The molecule has 84 valence electrons. The van der Waals surface area contributed by atoms with Gasteiger partial charge >= 0.3 is 0 Å². The van der Waals surface area contributed by atoms with Gasteiger partial charge in [-0.2, -0.15) is 0 Å². The summed E-state index contributed by atoms with van der Waals surface area (Å²) >= 11 is 7.47. The summed E-state index contributed by atoms with van der Waals surface area (Å²) in [7, 11) is 1.90. The molecule has 0 bridgehead atoms. The molecule has 1 aromatic heterocycles. The summed E-state index contributed by atoms with van der Waals surface area (Å²) in [5, 5.41) is 9.34. The van der Waals surface area contributed by atoms with Gasteiger partial charge in [0, 0.05) is 23.5 Å². The summed E-state index contributed by atoms with van der Waals surface area (Å²) in [4.78, 5) is 1.02. The van der Waals surface area contributed by atoms with Gasteiger partial charge in [-0.15, -0.1) is 10.2 Å². The predicted octanol–water partition coefficient (Wildman–Crippen LogP) is 2.08. The van der Waals surface area contributed by atoms with Gasteiger partial charge in [-0.1, -0.05) is 17.7 Å². The van der Waals surface area contributed by atoms with Crippen molar-refractivity contribution in [2.75, 3.05) is 0 Å². The van der Waals surface area contributed by atoms with Gasteiger partial charge in [0.1, 0.15) is 6.33 Å². The van der Waals surface area contributed by atoms with E-state index < -0.39 is 0 Å². The average Bonchev–Trinajstić information content (AvgIpc) is 2.65. The van der Waals surface area contributed by atoms with Crippen LogP contribution in [0.25, 0.3) is 0 Å². The number of aromatic nitrogens is 3. The normalized spacial score (nSPS) is 10.7. The molecule has 1 aromatic carbocycles. The molecule has 0 atom stereocenters. The monoisotopic (exact) mass is 254 g/mol. The second-order valence-corrected chi connectivity index (χ2v) is 4.73. The van der Waals surface area contributed by atoms with Crippen LogP contribution in [-0.4, -0.2) is 14.8 Å². The Morgan fingerprint density at radius 2 is 2.31 bits per heavy atom. The number of rotatable bonds is 3. The zero-order valence-electron chi connectivity index (χ0n) is 8.72. The SMILES string of the molecule is Cn1cnnc1Sc1cc(Cl)ccc1CN. The van der Waals surface area contributed by atoms with Crippen LogP contribution in [0.1, 0.15) is 5.56 Å². The first-order chi connectivity index (χ1) is 7.70. The van der Waals surface area contributed by atoms with Crippen molar-refractivity contribution in [1.82, 2.24) is 14.8 Å². The van der Waals surface area contributed by atoms with Crippen LogP contribution in [0.4, 0.5) is 0 Å². The lowest BCUT2D eigenvalue weighted by Gasteiger charge is -2.06. The van der Waals surface area contributed by atoms with Gasteiger partial charge in [0.05, 0.1) is 0 Å². The lowest BCUT2D eigenvalue weighted by molar-refractivity contribution is 0.788. The molecule has 0 amide bonds. The number of nitrogens with two attached hydrogens (primary N) is 1. The second kappa shape index (κ2) is 4.86. The standard InChI is InChI=1S/C10H11ClN4S/c1-15-6-13-14-10(15)16-9-4-8(11)3-2-7(9)5-12/h2-4,6H,5,12H2,1H3. The van der Waals surface area contributed by atoms with Gasteiger partial charge in [0.25, 0.3) is 0 Å². The minimum absolute atomic E-state index is 0.483. The third-order valence-corrected chi connectivity index (χ3v) is 3.51. The fraction of sp³-hybridized carbons (Fsp3) is 0.200. The molecular weight excluding hydrogens is 244 g/mol. The van der Waals surface area contributed by atoms with Crippen LogP contribution in [0.2, 0.25) is 5.02 Å². The minimum atomic E-state index is 0.483. The molecule has 16 heavy (non-hydrogen) atoms. The van der Waals surface area contributed by atoms with E-state index in [0.29, 0.717) is 11.6 Å². The van der Waals surface area contributed by atoms with Crippen molar-refractivity contribution in [3.05, 3.63) is 35.1 Å². The number of halogens is 1. The lowest BCUT2D eigenvalue weighted by Crippen LogP contribution is -1.99. The van der Waals surface area contributed by atoms with Gasteiger partial charge in [-0.3, -0.25) is 0 Å². The molecule has 0 aliphatic heterocycles. The molecule has 0 spiro atoms. The van der Waals surface area contributed by atoms with Gasteiger partial charge in [0.15, 0.2) is 5.16 Å². The molecule has 0 fully saturated rings. The maximum atomic E-state index is 5.96. The Kier molecular flexibility index (Phi) is 3.48. The van der Waals surface area contributed by atoms with E-state index in [9.17, 15) is 0 Å². The summed E-state index contributed by atoms with van der Waals surface area (Å²) < 4.78 is 1.85. The first kappa shape index (κ1) is 11.4. The summed E-state index contributed by atoms with van der Waals surface area (Å²) in [6, 6.07) is 5.66. The lowest BCUT2D eigenvalue weighted by atomic mass is 10.2. The van der Waals surface area contributed by atoms with E-state index in [1.165, 1.54) is 11.8 Å². The molecular formula is C10H11ClN4S. The molecule has 0 saturated carbocycles. The van der Waals surface area contributed by atoms with Crippen molar-refractivity contribution < 1.29 is 0 Å². The van der Waals surface area contributed by atoms with E-state index in [1.807, 2.05) is 29.8 Å². The molecule has 2 aromatic rings. The molecule has 2 rings (SSSR count). The maximum absolute atomic E-state index is 5.96. The highest BCUT2D eigenvalue weighted by Crippen LogP contribution is 2.30. The quantitative estimate of drug-likeness (QED) is 0.911. The summed E-state index contributed by atoms with van der Waals surface area (Å²) in [6.45, 7) is 0.483. The smallest absolute Gasteiger partial charge is 0.195 e. The number of hydrogen-bond donors (Lipinski definition) is 1.